The van der Waals surface area contributed by atoms with Crippen LogP contribution in [0.1, 0.15) is 0 Å². The quantitative estimate of drug-likeness (QED) is 0.623. The molecule has 0 saturated carbocycles. The van der Waals surface area contributed by atoms with Crippen LogP contribution in [0.2, 0.25) is 0 Å². The Morgan fingerprint density at radius 2 is 1.57 bits per heavy atom. The van der Waals surface area contributed by atoms with Crippen LogP contribution in [0, 0.1) is 0 Å². The first-order chi connectivity index (χ1) is 11.4. The Morgan fingerprint density at radius 3 is 2.39 bits per heavy atom. The number of benzene rings is 2. The maximum absolute atomic E-state index is 4.68. The normalized spacial score (nSPS) is 10.6. The lowest BCUT2D eigenvalue weighted by Crippen LogP contribution is -2.01. The molecule has 4 aromatic rings. The lowest BCUT2D eigenvalue weighted by Gasteiger charge is -2.10. The highest BCUT2D eigenvalue weighted by atomic mass is 15.2. The van der Waals surface area contributed by atoms with Crippen molar-refractivity contribution in [3.63, 3.8) is 0 Å². The molecule has 0 amide bonds. The van der Waals surface area contributed by atoms with Crippen molar-refractivity contribution >= 4 is 22.5 Å². The van der Waals surface area contributed by atoms with Crippen LogP contribution in [0.4, 0.5) is 11.6 Å². The number of rotatable bonds is 3. The topological polar surface area (TPSA) is 63.6 Å². The molecule has 110 valence electrons. The summed E-state index contributed by atoms with van der Waals surface area (Å²) in [5, 5.41) is 12.1. The second-order valence-corrected chi connectivity index (χ2v) is 5.01. The summed E-state index contributed by atoms with van der Waals surface area (Å²) in [7, 11) is 0. The highest BCUT2D eigenvalue weighted by Gasteiger charge is 2.09. The second kappa shape index (κ2) is 5.81. The van der Waals surface area contributed by atoms with Crippen molar-refractivity contribution < 1.29 is 0 Å². The van der Waals surface area contributed by atoms with E-state index in [1.807, 2.05) is 66.7 Å². The lowest BCUT2D eigenvalue weighted by molar-refractivity contribution is 1.03. The SMILES string of the molecule is c1ccc(-c2nc(Nc3cccnn3)c3ccccc3n2)cc1. The molecule has 0 atom stereocenters. The van der Waals surface area contributed by atoms with Gasteiger partial charge in [-0.3, -0.25) is 0 Å². The third-order valence-electron chi connectivity index (χ3n) is 3.45. The van der Waals surface area contributed by atoms with Gasteiger partial charge in [0, 0.05) is 17.1 Å². The molecule has 0 unspecified atom stereocenters. The van der Waals surface area contributed by atoms with Crippen molar-refractivity contribution in [2.24, 2.45) is 0 Å². The fourth-order valence-electron chi connectivity index (χ4n) is 2.38. The summed E-state index contributed by atoms with van der Waals surface area (Å²) in [6, 6.07) is 21.5. The van der Waals surface area contributed by atoms with Gasteiger partial charge in [-0.2, -0.15) is 5.10 Å². The standard InChI is InChI=1S/C18H13N5/c1-2-7-13(8-3-1)17-20-15-10-5-4-9-14(15)18(22-17)21-16-11-6-12-19-23-16/h1-12H,(H,20,21,22,23). The minimum absolute atomic E-state index is 0.648. The van der Waals surface area contributed by atoms with Crippen molar-refractivity contribution in [2.75, 3.05) is 5.32 Å². The number of para-hydroxylation sites is 1. The van der Waals surface area contributed by atoms with Gasteiger partial charge in [0.05, 0.1) is 5.52 Å². The first kappa shape index (κ1) is 13.3. The number of anilines is 2. The fraction of sp³-hybridized carbons (Fsp3) is 0. The van der Waals surface area contributed by atoms with Gasteiger partial charge >= 0.3 is 0 Å². The Balaban J connectivity index is 1.87. The van der Waals surface area contributed by atoms with E-state index < -0.39 is 0 Å². The number of hydrogen-bond donors (Lipinski definition) is 1. The Bertz CT molecular complexity index is 939. The third kappa shape index (κ3) is 2.72. The number of aromatic nitrogens is 4. The minimum Gasteiger partial charge on any atom is -0.323 e. The van der Waals surface area contributed by atoms with Crippen LogP contribution in [-0.2, 0) is 0 Å². The molecule has 0 bridgehead atoms. The van der Waals surface area contributed by atoms with Gasteiger partial charge in [-0.1, -0.05) is 42.5 Å². The summed E-state index contributed by atoms with van der Waals surface area (Å²) in [4.78, 5) is 9.34. The van der Waals surface area contributed by atoms with E-state index in [4.69, 9.17) is 0 Å². The molecular weight excluding hydrogens is 286 g/mol. The highest BCUT2D eigenvalue weighted by Crippen LogP contribution is 2.26. The molecule has 5 heteroatoms. The highest BCUT2D eigenvalue weighted by molar-refractivity contribution is 5.91. The second-order valence-electron chi connectivity index (χ2n) is 5.01. The zero-order valence-electron chi connectivity index (χ0n) is 12.2. The average molecular weight is 299 g/mol. The molecule has 2 heterocycles. The van der Waals surface area contributed by atoms with Gasteiger partial charge in [0.15, 0.2) is 11.6 Å². The Hall–Kier alpha value is -3.34. The predicted molar refractivity (Wildman–Crippen MR) is 90.3 cm³/mol. The van der Waals surface area contributed by atoms with E-state index in [1.54, 1.807) is 6.20 Å². The van der Waals surface area contributed by atoms with E-state index in [9.17, 15) is 0 Å². The summed E-state index contributed by atoms with van der Waals surface area (Å²) >= 11 is 0. The number of fused-ring (bicyclic) bond motifs is 1. The van der Waals surface area contributed by atoms with Crippen molar-refractivity contribution in [3.05, 3.63) is 72.9 Å². The van der Waals surface area contributed by atoms with E-state index in [1.165, 1.54) is 0 Å². The van der Waals surface area contributed by atoms with Crippen LogP contribution in [0.5, 0.6) is 0 Å². The van der Waals surface area contributed by atoms with Gasteiger partial charge in [0.25, 0.3) is 0 Å². The molecule has 5 nitrogen and oxygen atoms in total. The molecule has 23 heavy (non-hydrogen) atoms. The van der Waals surface area contributed by atoms with Crippen LogP contribution in [-0.4, -0.2) is 20.2 Å². The number of hydrogen-bond acceptors (Lipinski definition) is 5. The summed E-state index contributed by atoms with van der Waals surface area (Å²) in [6.07, 6.45) is 1.64. The zero-order valence-corrected chi connectivity index (χ0v) is 12.2. The molecule has 4 rings (SSSR count). The maximum atomic E-state index is 4.68. The van der Waals surface area contributed by atoms with Crippen molar-refractivity contribution in [3.8, 4) is 11.4 Å². The van der Waals surface area contributed by atoms with Crippen LogP contribution >= 0.6 is 0 Å². The first-order valence-corrected chi connectivity index (χ1v) is 7.27. The van der Waals surface area contributed by atoms with E-state index in [0.717, 1.165) is 22.3 Å². The number of nitrogens with one attached hydrogen (secondary N) is 1. The monoisotopic (exact) mass is 299 g/mol. The Labute approximate surface area is 133 Å². The molecule has 0 aliphatic carbocycles. The van der Waals surface area contributed by atoms with Gasteiger partial charge in [-0.05, 0) is 24.3 Å². The molecule has 0 saturated heterocycles. The number of nitrogens with zero attached hydrogens (tertiary/aromatic N) is 4. The van der Waals surface area contributed by atoms with Crippen molar-refractivity contribution in [1.29, 1.82) is 0 Å². The van der Waals surface area contributed by atoms with E-state index in [0.29, 0.717) is 11.6 Å². The molecule has 0 fully saturated rings. The van der Waals surface area contributed by atoms with Crippen molar-refractivity contribution in [1.82, 2.24) is 20.2 Å². The predicted octanol–water partition coefficient (Wildman–Crippen LogP) is 3.83. The van der Waals surface area contributed by atoms with Crippen molar-refractivity contribution in [2.45, 2.75) is 0 Å². The van der Waals surface area contributed by atoms with Gasteiger partial charge in [0.1, 0.15) is 5.82 Å². The molecule has 0 aliphatic heterocycles. The summed E-state index contributed by atoms with van der Waals surface area (Å²) in [5.41, 5.74) is 1.85. The smallest absolute Gasteiger partial charge is 0.162 e. The summed E-state index contributed by atoms with van der Waals surface area (Å²) < 4.78 is 0. The zero-order chi connectivity index (χ0) is 15.5. The lowest BCUT2D eigenvalue weighted by atomic mass is 10.2. The largest absolute Gasteiger partial charge is 0.323 e. The van der Waals surface area contributed by atoms with Gasteiger partial charge in [-0.15, -0.1) is 5.10 Å². The third-order valence-corrected chi connectivity index (χ3v) is 3.45. The minimum atomic E-state index is 0.648. The fourth-order valence-corrected chi connectivity index (χ4v) is 2.38. The van der Waals surface area contributed by atoms with E-state index in [2.05, 4.69) is 25.5 Å². The molecule has 0 spiro atoms. The molecule has 0 aliphatic rings. The van der Waals surface area contributed by atoms with Crippen LogP contribution in [0.15, 0.2) is 72.9 Å². The molecule has 2 aromatic carbocycles. The molecule has 2 aromatic heterocycles. The van der Waals surface area contributed by atoms with Crippen LogP contribution < -0.4 is 5.32 Å². The summed E-state index contributed by atoms with van der Waals surface area (Å²) in [6.45, 7) is 0. The van der Waals surface area contributed by atoms with E-state index >= 15 is 0 Å². The van der Waals surface area contributed by atoms with E-state index in [-0.39, 0.29) is 0 Å². The van der Waals surface area contributed by atoms with Crippen LogP contribution in [0.25, 0.3) is 22.3 Å². The van der Waals surface area contributed by atoms with Gasteiger partial charge in [0.2, 0.25) is 0 Å². The summed E-state index contributed by atoms with van der Waals surface area (Å²) in [5.74, 6) is 2.04. The maximum Gasteiger partial charge on any atom is 0.162 e. The Kier molecular flexibility index (Phi) is 3.37. The average Bonchev–Trinajstić information content (AvgIpc) is 2.63. The molecule has 1 N–H and O–H groups in total. The van der Waals surface area contributed by atoms with Gasteiger partial charge < -0.3 is 5.32 Å². The van der Waals surface area contributed by atoms with Crippen LogP contribution in [0.3, 0.4) is 0 Å². The first-order valence-electron chi connectivity index (χ1n) is 7.27. The Morgan fingerprint density at radius 1 is 0.739 bits per heavy atom. The molecule has 0 radical (unpaired) electrons. The molecular formula is C18H13N5. The van der Waals surface area contributed by atoms with Gasteiger partial charge in [-0.25, -0.2) is 9.97 Å².